The van der Waals surface area contributed by atoms with Crippen molar-refractivity contribution in [2.24, 2.45) is 0 Å². The number of allylic oxidation sites excluding steroid dienone is 8. The Morgan fingerprint density at radius 2 is 0.967 bits per heavy atom. The summed E-state index contributed by atoms with van der Waals surface area (Å²) in [5, 5.41) is 112. The van der Waals surface area contributed by atoms with Gasteiger partial charge in [0.15, 0.2) is 18.9 Å². The van der Waals surface area contributed by atoms with Crippen LogP contribution in [0.5, 0.6) is 0 Å². The average Bonchev–Trinajstić information content (AvgIpc) is 3.24. The van der Waals surface area contributed by atoms with Gasteiger partial charge < -0.3 is 89.3 Å². The summed E-state index contributed by atoms with van der Waals surface area (Å²) in [6, 6.07) is 0. The molecule has 346 valence electrons. The molecule has 0 saturated carbocycles. The topological polar surface area (TPSA) is 304 Å². The number of hydrogen-bond acceptors (Lipinski definition) is 19. The van der Waals surface area contributed by atoms with E-state index in [1.165, 1.54) is 19.3 Å². The van der Waals surface area contributed by atoms with Gasteiger partial charge in [0, 0.05) is 6.42 Å². The normalized spacial score (nSPS) is 35.9. The van der Waals surface area contributed by atoms with Gasteiger partial charge in [-0.2, -0.15) is 0 Å². The molecule has 0 spiro atoms. The lowest BCUT2D eigenvalue weighted by Gasteiger charge is -2.46. The maximum Gasteiger partial charge on any atom is 0.306 e. The zero-order valence-corrected chi connectivity index (χ0v) is 34.1. The Labute approximate surface area is 350 Å². The average molecular weight is 865 g/mol. The molecule has 0 aromatic heterocycles. The fourth-order valence-electron chi connectivity index (χ4n) is 6.58. The van der Waals surface area contributed by atoms with Gasteiger partial charge in [-0.25, -0.2) is 0 Å². The first-order valence-electron chi connectivity index (χ1n) is 20.8. The van der Waals surface area contributed by atoms with Gasteiger partial charge in [-0.3, -0.25) is 4.79 Å². The summed E-state index contributed by atoms with van der Waals surface area (Å²) in [7, 11) is 0. The van der Waals surface area contributed by atoms with Crippen molar-refractivity contribution in [3.63, 3.8) is 0 Å². The lowest BCUT2D eigenvalue weighted by atomic mass is 9.97. The maximum atomic E-state index is 13.0. The Hall–Kier alpha value is -2.25. The van der Waals surface area contributed by atoms with Crippen molar-refractivity contribution in [1.29, 1.82) is 0 Å². The Bertz CT molecular complexity index is 1290. The second-order valence-electron chi connectivity index (χ2n) is 15.0. The molecule has 3 rings (SSSR count). The Kier molecular flexibility index (Phi) is 24.7. The van der Waals surface area contributed by atoms with Gasteiger partial charge in [0.05, 0.1) is 33.0 Å². The third-order valence-corrected chi connectivity index (χ3v) is 10.2. The van der Waals surface area contributed by atoms with E-state index in [0.717, 1.165) is 25.7 Å². The van der Waals surface area contributed by atoms with E-state index < -0.39 is 137 Å². The highest BCUT2D eigenvalue weighted by molar-refractivity contribution is 5.69. The van der Waals surface area contributed by atoms with E-state index in [9.17, 15) is 61.0 Å². The molecule has 3 fully saturated rings. The van der Waals surface area contributed by atoms with Crippen LogP contribution in [0.15, 0.2) is 48.6 Å². The van der Waals surface area contributed by atoms with E-state index in [1.54, 1.807) is 0 Å². The number of rotatable bonds is 26. The van der Waals surface area contributed by atoms with Gasteiger partial charge in [-0.05, 0) is 44.9 Å². The lowest BCUT2D eigenvalue weighted by Crippen LogP contribution is -2.65. The van der Waals surface area contributed by atoms with Crippen molar-refractivity contribution in [1.82, 2.24) is 0 Å². The van der Waals surface area contributed by atoms with E-state index in [4.69, 9.17) is 33.2 Å². The fraction of sp³-hybridized carbons (Fsp3) is 0.780. The number of carbonyl (C=O) groups is 1. The van der Waals surface area contributed by atoms with Gasteiger partial charge in [0.25, 0.3) is 0 Å². The van der Waals surface area contributed by atoms with E-state index in [0.29, 0.717) is 12.8 Å². The maximum absolute atomic E-state index is 13.0. The number of ether oxygens (including phenoxy) is 7. The van der Waals surface area contributed by atoms with Crippen LogP contribution in [0.2, 0.25) is 0 Å². The molecule has 0 aromatic carbocycles. The number of aliphatic hydroxyl groups is 11. The van der Waals surface area contributed by atoms with E-state index in [1.807, 2.05) is 12.2 Å². The first kappa shape index (κ1) is 52.1. The second-order valence-corrected chi connectivity index (χ2v) is 15.0. The van der Waals surface area contributed by atoms with Crippen LogP contribution in [0, 0.1) is 0 Å². The molecule has 3 saturated heterocycles. The monoisotopic (exact) mass is 864 g/mol. The quantitative estimate of drug-likeness (QED) is 0.0268. The molecule has 3 aliphatic rings. The van der Waals surface area contributed by atoms with E-state index in [-0.39, 0.29) is 6.42 Å². The minimum atomic E-state index is -1.89. The van der Waals surface area contributed by atoms with Crippen LogP contribution in [0.1, 0.15) is 71.1 Å². The van der Waals surface area contributed by atoms with E-state index in [2.05, 4.69) is 43.4 Å². The van der Waals surface area contributed by atoms with Gasteiger partial charge >= 0.3 is 5.97 Å². The summed E-state index contributed by atoms with van der Waals surface area (Å²) in [6.07, 6.45) is -1.32. The largest absolute Gasteiger partial charge is 0.457 e. The summed E-state index contributed by atoms with van der Waals surface area (Å²) in [6.45, 7) is -1.21. The molecular formula is C41H68O19. The van der Waals surface area contributed by atoms with Crippen LogP contribution in [0.4, 0.5) is 0 Å². The van der Waals surface area contributed by atoms with Gasteiger partial charge in [-0.1, -0.05) is 68.4 Å². The molecule has 0 radical (unpaired) electrons. The summed E-state index contributed by atoms with van der Waals surface area (Å²) in [5.41, 5.74) is 0. The Balaban J connectivity index is 1.56. The minimum Gasteiger partial charge on any atom is -0.457 e. The van der Waals surface area contributed by atoms with Gasteiger partial charge in [0.2, 0.25) is 0 Å². The highest BCUT2D eigenvalue weighted by Gasteiger charge is 2.51. The molecule has 16 atom stereocenters. The molecule has 19 heteroatoms. The molecular weight excluding hydrogens is 796 g/mol. The zero-order valence-electron chi connectivity index (χ0n) is 34.1. The summed E-state index contributed by atoms with van der Waals surface area (Å²) in [5.74, 6) is -0.672. The highest BCUT2D eigenvalue weighted by Crippen LogP contribution is 2.30. The molecule has 0 aromatic rings. The molecule has 0 aliphatic carbocycles. The fourth-order valence-corrected chi connectivity index (χ4v) is 6.58. The first-order valence-corrected chi connectivity index (χ1v) is 20.8. The first-order chi connectivity index (χ1) is 28.9. The van der Waals surface area contributed by atoms with Crippen LogP contribution in [0.25, 0.3) is 0 Å². The number of hydrogen-bond donors (Lipinski definition) is 11. The minimum absolute atomic E-state index is 0.0229. The van der Waals surface area contributed by atoms with Crippen molar-refractivity contribution in [2.75, 3.05) is 33.0 Å². The molecule has 0 amide bonds. The predicted octanol–water partition coefficient (Wildman–Crippen LogP) is -1.50. The van der Waals surface area contributed by atoms with Crippen molar-refractivity contribution in [2.45, 2.75) is 169 Å². The van der Waals surface area contributed by atoms with Crippen LogP contribution in [-0.4, -0.2) is 193 Å². The molecule has 3 aliphatic heterocycles. The van der Waals surface area contributed by atoms with Gasteiger partial charge in [0.1, 0.15) is 79.4 Å². The zero-order chi connectivity index (χ0) is 44.0. The van der Waals surface area contributed by atoms with Crippen molar-refractivity contribution < 1.29 is 94.1 Å². The smallest absolute Gasteiger partial charge is 0.306 e. The molecule has 60 heavy (non-hydrogen) atoms. The molecule has 1 unspecified atom stereocenters. The number of esters is 1. The molecule has 19 nitrogen and oxygen atoms in total. The van der Waals surface area contributed by atoms with Crippen LogP contribution in [0.3, 0.4) is 0 Å². The number of aliphatic hydroxyl groups excluding tert-OH is 11. The molecule has 3 heterocycles. The van der Waals surface area contributed by atoms with Crippen LogP contribution in [-0.2, 0) is 38.0 Å². The number of unbranched alkanes of at least 4 members (excludes halogenated alkanes) is 4. The third kappa shape index (κ3) is 16.5. The molecule has 0 bridgehead atoms. The Morgan fingerprint density at radius 3 is 1.47 bits per heavy atom. The van der Waals surface area contributed by atoms with Crippen molar-refractivity contribution in [3.8, 4) is 0 Å². The summed E-state index contributed by atoms with van der Waals surface area (Å²) >= 11 is 0. The lowest BCUT2D eigenvalue weighted by molar-refractivity contribution is -0.361. The standard InChI is InChI=1S/C41H68O19/c1-2-3-4-5-6-7-8-9-10-11-12-13-14-15-16-17-18-19-29(45)56-25(23-54-39-35(51)33(49)30(46)26(20-42)57-39)24-55-40-37(53)38(32(48)28(22-44)58-40)60-41-36(52)34(50)31(47)27(21-43)59-41/h6-7,9-10,12-13,15-16,25-28,30-44,46-53H,2-5,8,11,14,17-24H2,1H3/b7-6-,10-9-,13-12-,16-15-/t25?,26-,27-,28-,30-,31-,32-,33+,34+,35-,36-,37-,38+,39-,40-,41+/m1/s1. The van der Waals surface area contributed by atoms with Crippen LogP contribution < -0.4 is 0 Å². The predicted molar refractivity (Wildman–Crippen MR) is 210 cm³/mol. The van der Waals surface area contributed by atoms with E-state index >= 15 is 0 Å². The second kappa shape index (κ2) is 28.4. The highest BCUT2D eigenvalue weighted by atomic mass is 16.7. The number of carbonyl (C=O) groups excluding carboxylic acids is 1. The summed E-state index contributed by atoms with van der Waals surface area (Å²) in [4.78, 5) is 13.0. The summed E-state index contributed by atoms with van der Waals surface area (Å²) < 4.78 is 38.8. The Morgan fingerprint density at radius 1 is 0.533 bits per heavy atom. The molecule has 11 N–H and O–H groups in total. The SMILES string of the molecule is CCCCC/C=C\C/C=C\C/C=C\C/C=C\CCCC(=O)OC(CO[C@@H]1O[C@H](CO)[C@@H](O)[C@H](O)[C@H]1O)CO[C@@H]1O[C@H](CO)[C@@H](O)[C@H](O[C@@H]2O[C@H](CO)[C@@H](O)[C@H](O)[C@H]2O)[C@H]1O. The third-order valence-electron chi connectivity index (χ3n) is 10.2. The van der Waals surface area contributed by atoms with Crippen molar-refractivity contribution >= 4 is 5.97 Å². The van der Waals surface area contributed by atoms with Crippen molar-refractivity contribution in [3.05, 3.63) is 48.6 Å². The van der Waals surface area contributed by atoms with Gasteiger partial charge in [-0.15, -0.1) is 0 Å². The van der Waals surface area contributed by atoms with Crippen LogP contribution >= 0.6 is 0 Å².